The SMILES string of the molecule is CCSCC(O)c1cccc(C)c1C. The van der Waals surface area contributed by atoms with Crippen molar-refractivity contribution < 1.29 is 5.11 Å². The molecule has 1 nitrogen and oxygen atoms in total. The highest BCUT2D eigenvalue weighted by Gasteiger charge is 2.10. The van der Waals surface area contributed by atoms with Crippen LogP contribution in [0.15, 0.2) is 18.2 Å². The van der Waals surface area contributed by atoms with Gasteiger partial charge in [-0.3, -0.25) is 0 Å². The second-order valence-electron chi connectivity index (χ2n) is 3.46. The fourth-order valence-electron chi connectivity index (χ4n) is 1.45. The van der Waals surface area contributed by atoms with Crippen molar-refractivity contribution in [3.8, 4) is 0 Å². The van der Waals surface area contributed by atoms with Crippen LogP contribution in [0.25, 0.3) is 0 Å². The summed E-state index contributed by atoms with van der Waals surface area (Å²) in [6, 6.07) is 6.11. The number of hydrogen-bond donors (Lipinski definition) is 1. The molecule has 1 aromatic carbocycles. The molecule has 0 spiro atoms. The molecule has 0 bridgehead atoms. The summed E-state index contributed by atoms with van der Waals surface area (Å²) in [5.41, 5.74) is 3.55. The van der Waals surface area contributed by atoms with E-state index in [9.17, 15) is 5.11 Å². The fourth-order valence-corrected chi connectivity index (χ4v) is 2.09. The normalized spacial score (nSPS) is 12.9. The van der Waals surface area contributed by atoms with Gasteiger partial charge in [-0.25, -0.2) is 0 Å². The maximum absolute atomic E-state index is 9.94. The summed E-state index contributed by atoms with van der Waals surface area (Å²) in [7, 11) is 0. The van der Waals surface area contributed by atoms with E-state index in [1.807, 2.05) is 12.1 Å². The molecular weight excluding hydrogens is 192 g/mol. The maximum atomic E-state index is 9.94. The molecule has 0 saturated carbocycles. The molecule has 78 valence electrons. The lowest BCUT2D eigenvalue weighted by Crippen LogP contribution is -2.04. The van der Waals surface area contributed by atoms with Gasteiger partial charge >= 0.3 is 0 Å². The van der Waals surface area contributed by atoms with Crippen LogP contribution in [0.2, 0.25) is 0 Å². The van der Waals surface area contributed by atoms with Crippen molar-refractivity contribution >= 4 is 11.8 Å². The molecule has 1 atom stereocenters. The van der Waals surface area contributed by atoms with Crippen LogP contribution in [-0.4, -0.2) is 16.6 Å². The molecule has 0 radical (unpaired) electrons. The zero-order valence-electron chi connectivity index (χ0n) is 9.08. The minimum absolute atomic E-state index is 0.320. The molecule has 0 amide bonds. The van der Waals surface area contributed by atoms with Crippen molar-refractivity contribution in [1.82, 2.24) is 0 Å². The van der Waals surface area contributed by atoms with Crippen LogP contribution >= 0.6 is 11.8 Å². The molecule has 0 aliphatic rings. The van der Waals surface area contributed by atoms with Gasteiger partial charge in [0.15, 0.2) is 0 Å². The van der Waals surface area contributed by atoms with E-state index in [0.717, 1.165) is 17.1 Å². The largest absolute Gasteiger partial charge is 0.388 e. The molecule has 1 rings (SSSR count). The quantitative estimate of drug-likeness (QED) is 0.824. The van der Waals surface area contributed by atoms with Crippen molar-refractivity contribution in [3.05, 3.63) is 34.9 Å². The van der Waals surface area contributed by atoms with Gasteiger partial charge in [0.05, 0.1) is 6.10 Å². The third-order valence-electron chi connectivity index (χ3n) is 2.49. The van der Waals surface area contributed by atoms with E-state index in [0.29, 0.717) is 0 Å². The first-order valence-corrected chi connectivity index (χ1v) is 6.14. The van der Waals surface area contributed by atoms with E-state index >= 15 is 0 Å². The Morgan fingerprint density at radius 3 is 2.71 bits per heavy atom. The summed E-state index contributed by atoms with van der Waals surface area (Å²) in [6.45, 7) is 6.27. The Bertz CT molecular complexity index is 296. The van der Waals surface area contributed by atoms with E-state index < -0.39 is 0 Å². The minimum Gasteiger partial charge on any atom is -0.388 e. The van der Waals surface area contributed by atoms with E-state index in [4.69, 9.17) is 0 Å². The van der Waals surface area contributed by atoms with Gasteiger partial charge in [-0.05, 0) is 36.3 Å². The van der Waals surface area contributed by atoms with Crippen molar-refractivity contribution in [2.24, 2.45) is 0 Å². The highest BCUT2D eigenvalue weighted by Crippen LogP contribution is 2.23. The van der Waals surface area contributed by atoms with Crippen molar-refractivity contribution in [2.45, 2.75) is 26.9 Å². The fraction of sp³-hybridized carbons (Fsp3) is 0.500. The Balaban J connectivity index is 2.79. The summed E-state index contributed by atoms with van der Waals surface area (Å²) >= 11 is 1.78. The summed E-state index contributed by atoms with van der Waals surface area (Å²) in [5.74, 6) is 1.85. The number of hydrogen-bond acceptors (Lipinski definition) is 2. The minimum atomic E-state index is -0.320. The first-order chi connectivity index (χ1) is 6.66. The zero-order valence-corrected chi connectivity index (χ0v) is 9.90. The van der Waals surface area contributed by atoms with E-state index in [1.54, 1.807) is 11.8 Å². The molecule has 2 heteroatoms. The van der Waals surface area contributed by atoms with Crippen LogP contribution in [0.4, 0.5) is 0 Å². The topological polar surface area (TPSA) is 20.2 Å². The van der Waals surface area contributed by atoms with Gasteiger partial charge in [-0.1, -0.05) is 25.1 Å². The first kappa shape index (κ1) is 11.6. The van der Waals surface area contributed by atoms with Gasteiger partial charge < -0.3 is 5.11 Å². The number of aliphatic hydroxyl groups excluding tert-OH is 1. The van der Waals surface area contributed by atoms with Gasteiger partial charge in [-0.2, -0.15) is 11.8 Å². The first-order valence-electron chi connectivity index (χ1n) is 4.98. The van der Waals surface area contributed by atoms with Gasteiger partial charge in [0.1, 0.15) is 0 Å². The van der Waals surface area contributed by atoms with Crippen LogP contribution in [0, 0.1) is 13.8 Å². The predicted octanol–water partition coefficient (Wildman–Crippen LogP) is 3.09. The number of benzene rings is 1. The van der Waals surface area contributed by atoms with Gasteiger partial charge in [0.2, 0.25) is 0 Å². The molecule has 0 fully saturated rings. The molecule has 1 aromatic rings. The smallest absolute Gasteiger partial charge is 0.0883 e. The zero-order chi connectivity index (χ0) is 10.6. The van der Waals surface area contributed by atoms with Crippen LogP contribution in [-0.2, 0) is 0 Å². The highest BCUT2D eigenvalue weighted by molar-refractivity contribution is 7.99. The standard InChI is InChI=1S/C12H18OS/c1-4-14-8-12(13)11-7-5-6-9(2)10(11)3/h5-7,12-13H,4,8H2,1-3H3. The summed E-state index contributed by atoms with van der Waals surface area (Å²) in [6.07, 6.45) is -0.320. The van der Waals surface area contributed by atoms with E-state index in [1.165, 1.54) is 11.1 Å². The Morgan fingerprint density at radius 1 is 1.36 bits per heavy atom. The van der Waals surface area contributed by atoms with E-state index in [2.05, 4.69) is 26.8 Å². The van der Waals surface area contributed by atoms with Gasteiger partial charge in [0.25, 0.3) is 0 Å². The molecule has 0 saturated heterocycles. The third-order valence-corrected chi connectivity index (χ3v) is 3.45. The summed E-state index contributed by atoms with van der Waals surface area (Å²) in [4.78, 5) is 0. The number of aliphatic hydroxyl groups is 1. The van der Waals surface area contributed by atoms with Crippen molar-refractivity contribution in [3.63, 3.8) is 0 Å². The molecule has 0 aliphatic heterocycles. The average Bonchev–Trinajstić information content (AvgIpc) is 2.18. The second kappa shape index (κ2) is 5.42. The highest BCUT2D eigenvalue weighted by atomic mass is 32.2. The second-order valence-corrected chi connectivity index (χ2v) is 4.78. The predicted molar refractivity (Wildman–Crippen MR) is 63.9 cm³/mol. The van der Waals surface area contributed by atoms with Crippen LogP contribution < -0.4 is 0 Å². The third kappa shape index (κ3) is 2.76. The lowest BCUT2D eigenvalue weighted by molar-refractivity contribution is 0.203. The molecule has 1 N–H and O–H groups in total. The Hall–Kier alpha value is -0.470. The van der Waals surface area contributed by atoms with Gasteiger partial charge in [0, 0.05) is 5.75 Å². The Labute approximate surface area is 90.5 Å². The lowest BCUT2D eigenvalue weighted by atomic mass is 10.0. The Morgan fingerprint density at radius 2 is 2.07 bits per heavy atom. The van der Waals surface area contributed by atoms with Crippen molar-refractivity contribution in [2.75, 3.05) is 11.5 Å². The molecule has 0 heterocycles. The van der Waals surface area contributed by atoms with Crippen molar-refractivity contribution in [1.29, 1.82) is 0 Å². The molecule has 0 aromatic heterocycles. The van der Waals surface area contributed by atoms with E-state index in [-0.39, 0.29) is 6.10 Å². The van der Waals surface area contributed by atoms with Gasteiger partial charge in [-0.15, -0.1) is 0 Å². The number of aryl methyl sites for hydroxylation is 1. The maximum Gasteiger partial charge on any atom is 0.0883 e. The number of thioether (sulfide) groups is 1. The van der Waals surface area contributed by atoms with Crippen LogP contribution in [0.5, 0.6) is 0 Å². The number of rotatable bonds is 4. The monoisotopic (exact) mass is 210 g/mol. The summed E-state index contributed by atoms with van der Waals surface area (Å²) < 4.78 is 0. The molecule has 0 aliphatic carbocycles. The van der Waals surface area contributed by atoms with Crippen LogP contribution in [0.3, 0.4) is 0 Å². The molecule has 1 unspecified atom stereocenters. The molecule has 14 heavy (non-hydrogen) atoms. The lowest BCUT2D eigenvalue weighted by Gasteiger charge is -2.14. The molecular formula is C12H18OS. The summed E-state index contributed by atoms with van der Waals surface area (Å²) in [5, 5.41) is 9.94. The average molecular weight is 210 g/mol. The Kier molecular flexibility index (Phi) is 4.49. The van der Waals surface area contributed by atoms with Crippen LogP contribution in [0.1, 0.15) is 29.7 Å².